The molecule has 2 amide bonds. The van der Waals surface area contributed by atoms with Crippen LogP contribution in [0.4, 0.5) is 0 Å². The Kier molecular flexibility index (Phi) is 11.8. The third kappa shape index (κ3) is 9.15. The molecule has 26 heavy (non-hydrogen) atoms. The zero-order chi connectivity index (χ0) is 19.4. The van der Waals surface area contributed by atoms with E-state index in [0.29, 0.717) is 12.8 Å². The topological polar surface area (TPSA) is 137 Å². The third-order valence-electron chi connectivity index (χ3n) is 4.09. The van der Waals surface area contributed by atoms with Crippen LogP contribution in [-0.2, 0) is 31.9 Å². The lowest BCUT2D eigenvalue weighted by atomic mass is 10.0. The molecule has 0 bridgehead atoms. The van der Waals surface area contributed by atoms with Gasteiger partial charge in [-0.1, -0.05) is 12.8 Å². The van der Waals surface area contributed by atoms with Crippen LogP contribution in [0.3, 0.4) is 0 Å². The van der Waals surface area contributed by atoms with E-state index in [1.165, 1.54) is 0 Å². The van der Waals surface area contributed by atoms with E-state index in [-0.39, 0.29) is 38.0 Å². The van der Waals surface area contributed by atoms with Crippen LogP contribution in [0.2, 0.25) is 0 Å². The van der Waals surface area contributed by atoms with Crippen molar-refractivity contribution in [3.63, 3.8) is 0 Å². The SMILES string of the molecule is O=C(CCCCCCC(=O)NCCOC1OC(CO)CC(O)C1O)N[S-]. The molecule has 1 aliphatic heterocycles. The Morgan fingerprint density at radius 1 is 1.12 bits per heavy atom. The van der Waals surface area contributed by atoms with E-state index in [1.807, 2.05) is 0 Å². The van der Waals surface area contributed by atoms with Gasteiger partial charge >= 0.3 is 0 Å². The Hall–Kier alpha value is -0.910. The first kappa shape index (κ1) is 23.1. The molecule has 4 atom stereocenters. The summed E-state index contributed by atoms with van der Waals surface area (Å²) in [6, 6.07) is 0. The summed E-state index contributed by atoms with van der Waals surface area (Å²) in [5.74, 6) is -0.252. The van der Waals surface area contributed by atoms with Crippen molar-refractivity contribution < 1.29 is 34.4 Å². The molecule has 0 aromatic carbocycles. The van der Waals surface area contributed by atoms with Gasteiger partial charge in [-0.3, -0.25) is 9.59 Å². The van der Waals surface area contributed by atoms with E-state index in [2.05, 4.69) is 22.9 Å². The zero-order valence-corrected chi connectivity index (χ0v) is 15.6. The summed E-state index contributed by atoms with van der Waals surface area (Å²) in [4.78, 5) is 22.6. The average Bonchev–Trinajstić information content (AvgIpc) is 2.64. The minimum absolute atomic E-state index is 0.102. The predicted octanol–water partition coefficient (Wildman–Crippen LogP) is -1.13. The van der Waals surface area contributed by atoms with Crippen molar-refractivity contribution in [2.75, 3.05) is 19.8 Å². The highest BCUT2D eigenvalue weighted by Gasteiger charge is 2.37. The van der Waals surface area contributed by atoms with E-state index in [1.54, 1.807) is 0 Å². The first-order chi connectivity index (χ1) is 12.5. The first-order valence-corrected chi connectivity index (χ1v) is 9.30. The van der Waals surface area contributed by atoms with Crippen LogP contribution in [0.1, 0.15) is 44.9 Å². The molecule has 152 valence electrons. The predicted molar refractivity (Wildman–Crippen MR) is 94.5 cm³/mol. The van der Waals surface area contributed by atoms with Crippen LogP contribution in [0.15, 0.2) is 0 Å². The number of unbranched alkanes of at least 4 members (excludes halogenated alkanes) is 3. The lowest BCUT2D eigenvalue weighted by molar-refractivity contribution is -0.270. The summed E-state index contributed by atoms with van der Waals surface area (Å²) >= 11 is 4.42. The number of amides is 2. The molecule has 0 spiro atoms. The van der Waals surface area contributed by atoms with E-state index < -0.39 is 24.6 Å². The molecule has 1 heterocycles. The van der Waals surface area contributed by atoms with Crippen molar-refractivity contribution in [1.29, 1.82) is 0 Å². The van der Waals surface area contributed by atoms with Crippen molar-refractivity contribution in [3.8, 4) is 0 Å². The molecule has 0 aliphatic carbocycles. The molecule has 5 N–H and O–H groups in total. The molecular weight excluding hydrogens is 364 g/mol. The molecule has 0 radical (unpaired) electrons. The Balaban J connectivity index is 2.04. The third-order valence-corrected chi connectivity index (χ3v) is 4.31. The zero-order valence-electron chi connectivity index (χ0n) is 14.8. The van der Waals surface area contributed by atoms with Gasteiger partial charge in [0.05, 0.1) is 25.4 Å². The summed E-state index contributed by atoms with van der Waals surface area (Å²) < 4.78 is 12.8. The van der Waals surface area contributed by atoms with Crippen LogP contribution >= 0.6 is 0 Å². The summed E-state index contributed by atoms with van der Waals surface area (Å²) in [7, 11) is 0. The summed E-state index contributed by atoms with van der Waals surface area (Å²) in [5.41, 5.74) is 0. The van der Waals surface area contributed by atoms with Crippen molar-refractivity contribution in [3.05, 3.63) is 0 Å². The summed E-state index contributed by atoms with van der Waals surface area (Å²) in [6.45, 7) is 0.108. The van der Waals surface area contributed by atoms with Gasteiger partial charge in [0, 0.05) is 25.8 Å². The number of aliphatic hydroxyl groups excluding tert-OH is 3. The molecule has 0 aromatic rings. The van der Waals surface area contributed by atoms with Crippen LogP contribution < -0.4 is 10.0 Å². The van der Waals surface area contributed by atoms with Crippen LogP contribution in [0.5, 0.6) is 0 Å². The van der Waals surface area contributed by atoms with Gasteiger partial charge in [0.2, 0.25) is 5.91 Å². The Morgan fingerprint density at radius 3 is 2.38 bits per heavy atom. The fourth-order valence-electron chi connectivity index (χ4n) is 2.60. The molecular formula is C16H29N2O7S-. The lowest BCUT2D eigenvalue weighted by Crippen LogP contribution is -2.50. The van der Waals surface area contributed by atoms with Crippen LogP contribution in [0.25, 0.3) is 0 Å². The fraction of sp³-hybridized carbons (Fsp3) is 0.875. The van der Waals surface area contributed by atoms with Crippen LogP contribution in [-0.4, -0.2) is 71.5 Å². The van der Waals surface area contributed by atoms with Crippen molar-refractivity contribution in [1.82, 2.24) is 10.0 Å². The Bertz CT molecular complexity index is 427. The quantitative estimate of drug-likeness (QED) is 0.207. The van der Waals surface area contributed by atoms with Gasteiger partial charge in [-0.05, 0) is 12.8 Å². The number of carbonyl (C=O) groups excluding carboxylic acids is 2. The number of hydrogen-bond donors (Lipinski definition) is 5. The molecule has 1 aliphatic rings. The van der Waals surface area contributed by atoms with E-state index in [9.17, 15) is 19.8 Å². The molecule has 4 unspecified atom stereocenters. The normalized spacial score (nSPS) is 25.7. The standard InChI is InChI=1S/C16H29N2O7S/c19-10-11-9-12(20)15(23)16(25-11)24-8-7-17-13(21)5-3-1-2-4-6-14(22)18-26/h11-12,15-16,19-20,23H,1-10H2,(H2-,17,18,21,22,26)/q-1. The maximum absolute atomic E-state index is 11.7. The number of carbonyl (C=O) groups is 2. The van der Waals surface area contributed by atoms with E-state index in [4.69, 9.17) is 14.6 Å². The fourth-order valence-corrected chi connectivity index (χ4v) is 2.70. The van der Waals surface area contributed by atoms with Gasteiger partial charge in [0.15, 0.2) is 12.2 Å². The van der Waals surface area contributed by atoms with Gasteiger partial charge < -0.3 is 47.6 Å². The highest BCUT2D eigenvalue weighted by Crippen LogP contribution is 2.20. The average molecular weight is 393 g/mol. The highest BCUT2D eigenvalue weighted by molar-refractivity contribution is 7.57. The molecule has 0 aromatic heterocycles. The van der Waals surface area contributed by atoms with Gasteiger partial charge in [-0.25, -0.2) is 0 Å². The maximum Gasteiger partial charge on any atom is 0.220 e. The Labute approximate surface area is 159 Å². The smallest absolute Gasteiger partial charge is 0.220 e. The van der Waals surface area contributed by atoms with Crippen molar-refractivity contribution in [2.24, 2.45) is 0 Å². The molecule has 0 saturated carbocycles. The van der Waals surface area contributed by atoms with Gasteiger partial charge in [-0.15, -0.1) is 0 Å². The first-order valence-electron chi connectivity index (χ1n) is 8.89. The van der Waals surface area contributed by atoms with Gasteiger partial charge in [-0.2, -0.15) is 0 Å². The molecule has 1 saturated heterocycles. The second-order valence-corrected chi connectivity index (χ2v) is 6.47. The second kappa shape index (κ2) is 13.3. The maximum atomic E-state index is 11.7. The molecule has 1 rings (SSSR count). The van der Waals surface area contributed by atoms with E-state index in [0.717, 1.165) is 25.7 Å². The van der Waals surface area contributed by atoms with Gasteiger partial charge in [0.25, 0.3) is 0 Å². The number of nitrogens with one attached hydrogen (secondary N) is 2. The van der Waals surface area contributed by atoms with Crippen molar-refractivity contribution >= 4 is 24.6 Å². The monoisotopic (exact) mass is 393 g/mol. The number of hydrogen-bond acceptors (Lipinski definition) is 8. The van der Waals surface area contributed by atoms with Crippen LogP contribution in [0, 0.1) is 0 Å². The lowest BCUT2D eigenvalue weighted by Gasteiger charge is -2.36. The largest absolute Gasteiger partial charge is 0.668 e. The van der Waals surface area contributed by atoms with E-state index >= 15 is 0 Å². The second-order valence-electron chi connectivity index (χ2n) is 6.26. The number of aliphatic hydroxyl groups is 3. The molecule has 1 fully saturated rings. The highest BCUT2D eigenvalue weighted by atomic mass is 32.1. The number of rotatable bonds is 12. The van der Waals surface area contributed by atoms with Crippen molar-refractivity contribution in [2.45, 2.75) is 69.5 Å². The minimum atomic E-state index is -1.18. The van der Waals surface area contributed by atoms with Gasteiger partial charge in [0.1, 0.15) is 6.10 Å². The molecule has 10 heteroatoms. The number of ether oxygens (including phenoxy) is 2. The summed E-state index contributed by atoms with van der Waals surface area (Å²) in [6.07, 6.45) is 0.349. The summed E-state index contributed by atoms with van der Waals surface area (Å²) in [5, 5.41) is 31.3. The minimum Gasteiger partial charge on any atom is -0.668 e. The Morgan fingerprint density at radius 2 is 1.77 bits per heavy atom. The molecule has 9 nitrogen and oxygen atoms in total.